The molecule has 2 rings (SSSR count). The van der Waals surface area contributed by atoms with Crippen LogP contribution in [0.25, 0.3) is 0 Å². The maximum Gasteiger partial charge on any atom is 0.0526 e. The zero-order valence-electron chi connectivity index (χ0n) is 12.0. The molecule has 2 aliphatic carbocycles. The van der Waals surface area contributed by atoms with Gasteiger partial charge in [0, 0.05) is 18.1 Å². The average molecular weight is 254 g/mol. The Hall–Kier alpha value is -0.120. The number of nitrogens with two attached hydrogens (primary N) is 1. The predicted molar refractivity (Wildman–Crippen MR) is 75.4 cm³/mol. The highest BCUT2D eigenvalue weighted by atomic mass is 16.3. The van der Waals surface area contributed by atoms with Crippen LogP contribution < -0.4 is 11.1 Å². The third-order valence-corrected chi connectivity index (χ3v) is 4.81. The molecule has 4 N–H and O–H groups in total. The van der Waals surface area contributed by atoms with Gasteiger partial charge < -0.3 is 16.2 Å². The first-order valence-corrected chi connectivity index (χ1v) is 7.70. The molecule has 0 saturated heterocycles. The molecule has 3 heteroatoms. The summed E-state index contributed by atoms with van der Waals surface area (Å²) in [5.74, 6) is 1.89. The van der Waals surface area contributed by atoms with Crippen molar-refractivity contribution in [2.75, 3.05) is 6.54 Å². The Bertz CT molecular complexity index is 265. The molecule has 18 heavy (non-hydrogen) atoms. The molecule has 0 aromatic heterocycles. The predicted octanol–water partition coefficient (Wildman–Crippen LogP) is 2.03. The summed E-state index contributed by atoms with van der Waals surface area (Å²) in [6, 6.07) is 0.353. The number of aliphatic hydroxyl groups is 1. The van der Waals surface area contributed by atoms with Crippen LogP contribution in [0.2, 0.25) is 0 Å². The number of rotatable bonds is 6. The first-order valence-electron chi connectivity index (χ1n) is 7.70. The highest BCUT2D eigenvalue weighted by molar-refractivity contribution is 4.99. The number of aliphatic hydroxyl groups excluding tert-OH is 1. The van der Waals surface area contributed by atoms with E-state index in [2.05, 4.69) is 12.2 Å². The Balaban J connectivity index is 1.91. The van der Waals surface area contributed by atoms with Crippen LogP contribution in [-0.2, 0) is 0 Å². The minimum Gasteiger partial charge on any atom is -0.393 e. The topological polar surface area (TPSA) is 58.3 Å². The minimum absolute atomic E-state index is 0.139. The molecule has 0 aliphatic heterocycles. The highest BCUT2D eigenvalue weighted by Crippen LogP contribution is 2.46. The van der Waals surface area contributed by atoms with Crippen LogP contribution in [0.1, 0.15) is 58.8 Å². The van der Waals surface area contributed by atoms with Crippen molar-refractivity contribution in [1.82, 2.24) is 5.32 Å². The van der Waals surface area contributed by atoms with E-state index in [1.54, 1.807) is 0 Å². The smallest absolute Gasteiger partial charge is 0.0526 e. The Morgan fingerprint density at radius 2 is 2.00 bits per heavy atom. The van der Waals surface area contributed by atoms with Crippen LogP contribution in [0.5, 0.6) is 0 Å². The van der Waals surface area contributed by atoms with Gasteiger partial charge in [0.2, 0.25) is 0 Å². The normalized spacial score (nSPS) is 36.3. The van der Waals surface area contributed by atoms with E-state index in [9.17, 15) is 5.11 Å². The lowest BCUT2D eigenvalue weighted by molar-refractivity contribution is 0.127. The van der Waals surface area contributed by atoms with E-state index in [0.717, 1.165) is 24.8 Å². The molecule has 2 saturated carbocycles. The van der Waals surface area contributed by atoms with Gasteiger partial charge in [-0.1, -0.05) is 12.8 Å². The molecule has 0 aromatic rings. The Labute approximate surface area is 112 Å². The van der Waals surface area contributed by atoms with Gasteiger partial charge in [-0.2, -0.15) is 0 Å². The van der Waals surface area contributed by atoms with E-state index < -0.39 is 0 Å². The number of hydrogen-bond donors (Lipinski definition) is 3. The van der Waals surface area contributed by atoms with Crippen LogP contribution in [0, 0.1) is 11.8 Å². The summed E-state index contributed by atoms with van der Waals surface area (Å²) in [6.07, 6.45) is 8.63. The van der Waals surface area contributed by atoms with Crippen LogP contribution in [0.15, 0.2) is 0 Å². The van der Waals surface area contributed by atoms with Crippen LogP contribution in [0.3, 0.4) is 0 Å². The van der Waals surface area contributed by atoms with E-state index >= 15 is 0 Å². The molecule has 0 aromatic carbocycles. The van der Waals surface area contributed by atoms with E-state index in [1.807, 2.05) is 6.92 Å². The standard InChI is InChI=1S/C15H30N2O/c1-11(8-12(2)18)17-15(10-16)7-3-4-14(9-15)13-5-6-13/h11-14,17-18H,3-10,16H2,1-2H3. The summed E-state index contributed by atoms with van der Waals surface area (Å²) in [5, 5.41) is 13.2. The molecule has 3 nitrogen and oxygen atoms in total. The van der Waals surface area contributed by atoms with Crippen molar-refractivity contribution in [1.29, 1.82) is 0 Å². The van der Waals surface area contributed by atoms with Crippen molar-refractivity contribution in [3.8, 4) is 0 Å². The Morgan fingerprint density at radius 3 is 2.56 bits per heavy atom. The maximum atomic E-state index is 9.49. The van der Waals surface area contributed by atoms with Gasteiger partial charge in [0.1, 0.15) is 0 Å². The van der Waals surface area contributed by atoms with Crippen molar-refractivity contribution in [2.45, 2.75) is 76.5 Å². The van der Waals surface area contributed by atoms with Gasteiger partial charge in [-0.05, 0) is 57.8 Å². The summed E-state index contributed by atoms with van der Waals surface area (Å²) < 4.78 is 0. The van der Waals surface area contributed by atoms with E-state index in [4.69, 9.17) is 5.73 Å². The zero-order chi connectivity index (χ0) is 13.2. The molecule has 0 spiro atoms. The first kappa shape index (κ1) is 14.3. The largest absolute Gasteiger partial charge is 0.393 e. The van der Waals surface area contributed by atoms with Crippen LogP contribution in [-0.4, -0.2) is 29.3 Å². The summed E-state index contributed by atoms with van der Waals surface area (Å²) >= 11 is 0. The van der Waals surface area contributed by atoms with Gasteiger partial charge >= 0.3 is 0 Å². The fourth-order valence-corrected chi connectivity index (χ4v) is 3.85. The van der Waals surface area contributed by atoms with Crippen molar-refractivity contribution < 1.29 is 5.11 Å². The van der Waals surface area contributed by atoms with E-state index in [-0.39, 0.29) is 11.6 Å². The van der Waals surface area contributed by atoms with Crippen molar-refractivity contribution in [3.63, 3.8) is 0 Å². The molecular weight excluding hydrogens is 224 g/mol. The molecule has 2 fully saturated rings. The summed E-state index contributed by atoms with van der Waals surface area (Å²) in [4.78, 5) is 0. The average Bonchev–Trinajstić information content (AvgIpc) is 3.11. The second kappa shape index (κ2) is 5.89. The molecule has 0 heterocycles. The van der Waals surface area contributed by atoms with Gasteiger partial charge in [-0.15, -0.1) is 0 Å². The van der Waals surface area contributed by atoms with Crippen LogP contribution >= 0.6 is 0 Å². The third-order valence-electron chi connectivity index (χ3n) is 4.81. The highest BCUT2D eigenvalue weighted by Gasteiger charge is 2.41. The van der Waals surface area contributed by atoms with Gasteiger partial charge in [0.15, 0.2) is 0 Å². The molecule has 0 amide bonds. The van der Waals surface area contributed by atoms with Gasteiger partial charge in [0.25, 0.3) is 0 Å². The van der Waals surface area contributed by atoms with Gasteiger partial charge in [0.05, 0.1) is 6.10 Å². The lowest BCUT2D eigenvalue weighted by Crippen LogP contribution is -2.57. The second-order valence-corrected chi connectivity index (χ2v) is 6.81. The lowest BCUT2D eigenvalue weighted by atomic mass is 9.73. The number of hydrogen-bond acceptors (Lipinski definition) is 3. The Morgan fingerprint density at radius 1 is 1.28 bits per heavy atom. The molecule has 2 aliphatic rings. The maximum absolute atomic E-state index is 9.49. The van der Waals surface area contributed by atoms with Crippen LogP contribution in [0.4, 0.5) is 0 Å². The molecular formula is C15H30N2O. The van der Waals surface area contributed by atoms with Gasteiger partial charge in [-0.25, -0.2) is 0 Å². The van der Waals surface area contributed by atoms with Crippen molar-refractivity contribution in [3.05, 3.63) is 0 Å². The monoisotopic (exact) mass is 254 g/mol. The second-order valence-electron chi connectivity index (χ2n) is 6.81. The number of nitrogens with one attached hydrogen (secondary N) is 1. The molecule has 0 bridgehead atoms. The zero-order valence-corrected chi connectivity index (χ0v) is 12.0. The summed E-state index contributed by atoms with van der Waals surface area (Å²) in [6.45, 7) is 4.77. The van der Waals surface area contributed by atoms with Gasteiger partial charge in [-0.3, -0.25) is 0 Å². The van der Waals surface area contributed by atoms with E-state index in [0.29, 0.717) is 6.04 Å². The fraction of sp³-hybridized carbons (Fsp3) is 1.00. The Kier molecular flexibility index (Phi) is 4.68. The molecule has 0 radical (unpaired) electrons. The lowest BCUT2D eigenvalue weighted by Gasteiger charge is -2.43. The summed E-state index contributed by atoms with van der Waals surface area (Å²) in [7, 11) is 0. The third kappa shape index (κ3) is 3.69. The summed E-state index contributed by atoms with van der Waals surface area (Å²) in [5.41, 5.74) is 6.21. The fourth-order valence-electron chi connectivity index (χ4n) is 3.85. The SMILES string of the molecule is CC(O)CC(C)NC1(CN)CCCC(C2CC2)C1. The minimum atomic E-state index is -0.231. The first-order chi connectivity index (χ1) is 8.54. The van der Waals surface area contributed by atoms with Crippen molar-refractivity contribution in [2.24, 2.45) is 17.6 Å². The van der Waals surface area contributed by atoms with E-state index in [1.165, 1.54) is 38.5 Å². The molecule has 4 atom stereocenters. The van der Waals surface area contributed by atoms with Crippen molar-refractivity contribution >= 4 is 0 Å². The molecule has 106 valence electrons. The molecule has 4 unspecified atom stereocenters. The quantitative estimate of drug-likeness (QED) is 0.680.